The Hall–Kier alpha value is -3.45. The summed E-state index contributed by atoms with van der Waals surface area (Å²) in [6.45, 7) is 0.929. The Balaban J connectivity index is 1.62. The number of nitrogens with zero attached hydrogens (tertiary/aromatic N) is 2. The summed E-state index contributed by atoms with van der Waals surface area (Å²) in [7, 11) is 2.11. The van der Waals surface area contributed by atoms with Gasteiger partial charge in [0.1, 0.15) is 6.54 Å². The molecular formula is C28H29F3N4. The minimum absolute atomic E-state index is 0.295. The number of alkyl halides is 3. The number of hydrogen-bond acceptors (Lipinski definition) is 3. The van der Waals surface area contributed by atoms with Crippen molar-refractivity contribution in [1.82, 2.24) is 9.47 Å². The first-order valence-electron chi connectivity index (χ1n) is 11.9. The number of fused-ring (bicyclic) bond motifs is 1. The lowest BCUT2D eigenvalue weighted by atomic mass is 10.0. The number of benzene rings is 3. The first kappa shape index (κ1) is 23.3. The van der Waals surface area contributed by atoms with Gasteiger partial charge in [-0.3, -0.25) is 0 Å². The lowest BCUT2D eigenvalue weighted by molar-refractivity contribution is -0.139. The van der Waals surface area contributed by atoms with Crippen LogP contribution in [-0.2, 0) is 6.54 Å². The van der Waals surface area contributed by atoms with Gasteiger partial charge in [0.2, 0.25) is 0 Å². The molecule has 1 fully saturated rings. The lowest BCUT2D eigenvalue weighted by Crippen LogP contribution is -2.36. The van der Waals surface area contributed by atoms with Crippen LogP contribution in [0.4, 0.5) is 24.5 Å². The van der Waals surface area contributed by atoms with Gasteiger partial charge in [0.25, 0.3) is 0 Å². The molecule has 1 saturated heterocycles. The van der Waals surface area contributed by atoms with Gasteiger partial charge in [-0.1, -0.05) is 36.4 Å². The highest BCUT2D eigenvalue weighted by atomic mass is 19.4. The molecule has 0 spiro atoms. The van der Waals surface area contributed by atoms with Gasteiger partial charge in [0.05, 0.1) is 5.52 Å². The molecule has 182 valence electrons. The van der Waals surface area contributed by atoms with Gasteiger partial charge in [-0.05, 0) is 80.5 Å². The quantitative estimate of drug-likeness (QED) is 0.317. The summed E-state index contributed by atoms with van der Waals surface area (Å²) >= 11 is 0. The number of anilines is 2. The van der Waals surface area contributed by atoms with E-state index in [1.807, 2.05) is 60.7 Å². The van der Waals surface area contributed by atoms with Crippen molar-refractivity contribution < 1.29 is 13.2 Å². The highest BCUT2D eigenvalue weighted by molar-refractivity contribution is 5.97. The van der Waals surface area contributed by atoms with E-state index in [0.29, 0.717) is 28.5 Å². The van der Waals surface area contributed by atoms with Crippen LogP contribution >= 0.6 is 0 Å². The normalized spacial score (nSPS) is 15.5. The van der Waals surface area contributed by atoms with Crippen LogP contribution in [-0.4, -0.2) is 41.8 Å². The fourth-order valence-electron chi connectivity index (χ4n) is 4.97. The van der Waals surface area contributed by atoms with E-state index in [1.54, 1.807) is 12.1 Å². The molecule has 1 aliphatic rings. The summed E-state index contributed by atoms with van der Waals surface area (Å²) in [5.74, 6) is 0. The molecule has 4 aromatic rings. The van der Waals surface area contributed by atoms with Gasteiger partial charge < -0.3 is 20.5 Å². The van der Waals surface area contributed by atoms with Crippen LogP contribution in [0.2, 0.25) is 0 Å². The molecule has 0 aliphatic carbocycles. The minimum Gasteiger partial charge on any atom is -0.399 e. The Morgan fingerprint density at radius 1 is 0.886 bits per heavy atom. The topological polar surface area (TPSA) is 46.2 Å². The van der Waals surface area contributed by atoms with E-state index in [9.17, 15) is 13.2 Å². The number of rotatable bonds is 5. The number of aromatic nitrogens is 1. The molecule has 1 aliphatic heterocycles. The fraction of sp³-hybridized carbons (Fsp3) is 0.286. The van der Waals surface area contributed by atoms with E-state index in [1.165, 1.54) is 4.57 Å². The second-order valence-corrected chi connectivity index (χ2v) is 9.40. The van der Waals surface area contributed by atoms with E-state index < -0.39 is 12.7 Å². The van der Waals surface area contributed by atoms with Crippen LogP contribution in [0, 0.1) is 0 Å². The van der Waals surface area contributed by atoms with Crippen LogP contribution in [0.1, 0.15) is 12.8 Å². The van der Waals surface area contributed by atoms with Gasteiger partial charge in [0.15, 0.2) is 0 Å². The third kappa shape index (κ3) is 5.15. The van der Waals surface area contributed by atoms with Gasteiger partial charge in [-0.2, -0.15) is 13.2 Å². The predicted octanol–water partition coefficient (Wildman–Crippen LogP) is 6.63. The highest BCUT2D eigenvalue weighted by Crippen LogP contribution is 2.37. The zero-order valence-electron chi connectivity index (χ0n) is 19.6. The van der Waals surface area contributed by atoms with E-state index >= 15 is 0 Å². The zero-order valence-corrected chi connectivity index (χ0v) is 19.6. The SMILES string of the molecule is CN1CCC(Nc2cccc3c2cc(-c2cc(N)cc(-c4ccccc4)c2)n3CC(F)(F)F)CC1. The van der Waals surface area contributed by atoms with Crippen LogP contribution in [0.5, 0.6) is 0 Å². The Bertz CT molecular complexity index is 1320. The molecule has 0 bridgehead atoms. The number of piperidine rings is 1. The average Bonchev–Trinajstić information content (AvgIpc) is 3.19. The van der Waals surface area contributed by atoms with E-state index in [0.717, 1.165) is 48.1 Å². The molecule has 5 rings (SSSR count). The molecule has 3 aromatic carbocycles. The Morgan fingerprint density at radius 3 is 2.31 bits per heavy atom. The smallest absolute Gasteiger partial charge is 0.399 e. The van der Waals surface area contributed by atoms with Gasteiger partial charge in [0, 0.05) is 34.1 Å². The van der Waals surface area contributed by atoms with E-state index in [-0.39, 0.29) is 0 Å². The summed E-state index contributed by atoms with van der Waals surface area (Å²) in [5, 5.41) is 4.39. The van der Waals surface area contributed by atoms with Crippen LogP contribution in [0.3, 0.4) is 0 Å². The van der Waals surface area contributed by atoms with Crippen molar-refractivity contribution in [3.8, 4) is 22.4 Å². The van der Waals surface area contributed by atoms with Crippen molar-refractivity contribution in [2.45, 2.75) is 31.6 Å². The number of nitrogen functional groups attached to an aromatic ring is 1. The number of halogens is 3. The van der Waals surface area contributed by atoms with Crippen molar-refractivity contribution in [3.63, 3.8) is 0 Å². The van der Waals surface area contributed by atoms with Crippen molar-refractivity contribution in [2.75, 3.05) is 31.2 Å². The minimum atomic E-state index is -4.36. The second kappa shape index (κ2) is 9.30. The molecule has 4 nitrogen and oxygen atoms in total. The Labute approximate surface area is 203 Å². The maximum absolute atomic E-state index is 13.7. The molecule has 35 heavy (non-hydrogen) atoms. The summed E-state index contributed by atoms with van der Waals surface area (Å²) in [5.41, 5.74) is 11.1. The number of nitrogens with two attached hydrogens (primary N) is 1. The van der Waals surface area contributed by atoms with Crippen LogP contribution in [0.25, 0.3) is 33.3 Å². The summed E-state index contributed by atoms with van der Waals surface area (Å²) in [4.78, 5) is 2.29. The fourth-order valence-corrected chi connectivity index (χ4v) is 4.97. The first-order valence-corrected chi connectivity index (χ1v) is 11.9. The predicted molar refractivity (Wildman–Crippen MR) is 137 cm³/mol. The average molecular weight is 479 g/mol. The molecule has 0 saturated carbocycles. The van der Waals surface area contributed by atoms with Crippen molar-refractivity contribution in [1.29, 1.82) is 0 Å². The third-order valence-corrected chi connectivity index (χ3v) is 6.72. The van der Waals surface area contributed by atoms with Crippen molar-refractivity contribution in [3.05, 3.63) is 72.8 Å². The molecular weight excluding hydrogens is 449 g/mol. The summed E-state index contributed by atoms with van der Waals surface area (Å²) in [6.07, 6.45) is -2.36. The standard InChI is InChI=1S/C28H29F3N4/c1-34-12-10-23(11-13-34)33-25-8-5-9-26-24(25)17-27(35(26)18-28(29,30)31)21-14-20(15-22(32)16-21)19-6-3-2-4-7-19/h2-9,14-17,23,33H,10-13,18,32H2,1H3. The molecule has 3 N–H and O–H groups in total. The molecule has 0 amide bonds. The molecule has 0 unspecified atom stereocenters. The lowest BCUT2D eigenvalue weighted by Gasteiger charge is -2.30. The Kier molecular flexibility index (Phi) is 6.19. The molecule has 2 heterocycles. The van der Waals surface area contributed by atoms with E-state index in [2.05, 4.69) is 17.3 Å². The van der Waals surface area contributed by atoms with Crippen LogP contribution < -0.4 is 11.1 Å². The third-order valence-electron chi connectivity index (χ3n) is 6.72. The second-order valence-electron chi connectivity index (χ2n) is 9.40. The first-order chi connectivity index (χ1) is 16.8. The van der Waals surface area contributed by atoms with Crippen molar-refractivity contribution in [2.24, 2.45) is 0 Å². The monoisotopic (exact) mass is 478 g/mol. The zero-order chi connectivity index (χ0) is 24.6. The van der Waals surface area contributed by atoms with Crippen molar-refractivity contribution >= 4 is 22.3 Å². The number of likely N-dealkylation sites (tertiary alicyclic amines) is 1. The molecule has 7 heteroatoms. The highest BCUT2D eigenvalue weighted by Gasteiger charge is 2.30. The Morgan fingerprint density at radius 2 is 1.60 bits per heavy atom. The molecule has 0 atom stereocenters. The maximum atomic E-state index is 13.7. The number of nitrogens with one attached hydrogen (secondary N) is 1. The van der Waals surface area contributed by atoms with Gasteiger partial charge >= 0.3 is 6.18 Å². The van der Waals surface area contributed by atoms with Crippen LogP contribution in [0.15, 0.2) is 72.8 Å². The molecule has 1 aromatic heterocycles. The maximum Gasteiger partial charge on any atom is 0.406 e. The van der Waals surface area contributed by atoms with Gasteiger partial charge in [-0.15, -0.1) is 0 Å². The number of hydrogen-bond donors (Lipinski definition) is 2. The summed E-state index contributed by atoms with van der Waals surface area (Å²) in [6, 6.07) is 22.9. The largest absolute Gasteiger partial charge is 0.406 e. The molecule has 0 radical (unpaired) electrons. The van der Waals surface area contributed by atoms with E-state index in [4.69, 9.17) is 5.73 Å². The van der Waals surface area contributed by atoms with Gasteiger partial charge in [-0.25, -0.2) is 0 Å². The summed E-state index contributed by atoms with van der Waals surface area (Å²) < 4.78 is 42.5.